The lowest BCUT2D eigenvalue weighted by atomic mass is 9.84. The summed E-state index contributed by atoms with van der Waals surface area (Å²) in [6, 6.07) is 4.09. The van der Waals surface area contributed by atoms with Crippen LogP contribution in [0.5, 0.6) is 5.88 Å². The maximum absolute atomic E-state index is 10.6. The third-order valence-corrected chi connectivity index (χ3v) is 4.91. The Morgan fingerprint density at radius 3 is 2.11 bits per heavy atom. The fraction of sp³-hybridized carbons (Fsp3) is 0.476. The maximum atomic E-state index is 10.6. The van der Waals surface area contributed by atoms with Crippen LogP contribution in [0.15, 0.2) is 43.1 Å². The van der Waals surface area contributed by atoms with Gasteiger partial charge in [0, 0.05) is 57.3 Å². The molecule has 0 amide bonds. The van der Waals surface area contributed by atoms with Gasteiger partial charge in [-0.25, -0.2) is 14.6 Å². The highest BCUT2D eigenvalue weighted by molar-refractivity contribution is 5.73. The van der Waals surface area contributed by atoms with E-state index in [0.717, 1.165) is 39.1 Å². The maximum Gasteiger partial charge on any atom is 0.490 e. The van der Waals surface area contributed by atoms with Crippen LogP contribution in [-0.4, -0.2) is 85.8 Å². The molecule has 0 bridgehead atoms. The molecule has 0 aliphatic carbocycles. The Balaban J connectivity index is 0.000000286. The molecule has 4 heterocycles. The lowest BCUT2D eigenvalue weighted by molar-refractivity contribution is -0.193. The van der Waals surface area contributed by atoms with E-state index in [4.69, 9.17) is 29.3 Å². The third kappa shape index (κ3) is 10.2. The second-order valence-electron chi connectivity index (χ2n) is 7.92. The topological polar surface area (TPSA) is 135 Å². The SMILES string of the molecule is O=C(O)C(F)(F)F.O=C(O)C(F)(F)F.c1cncc(CN2CC3(CC(Oc4cnccn4)CCO3)C2)c1. The Morgan fingerprint density at radius 2 is 1.62 bits per heavy atom. The Kier molecular flexibility index (Phi) is 10.1. The van der Waals surface area contributed by atoms with E-state index >= 15 is 0 Å². The molecule has 2 saturated heterocycles. The number of hydrogen-bond acceptors (Lipinski definition) is 8. The van der Waals surface area contributed by atoms with Crippen molar-refractivity contribution in [3.63, 3.8) is 0 Å². The number of rotatable bonds is 4. The Bertz CT molecular complexity index is 980. The first-order chi connectivity index (χ1) is 17.2. The van der Waals surface area contributed by atoms with Gasteiger partial charge < -0.3 is 19.7 Å². The summed E-state index contributed by atoms with van der Waals surface area (Å²) in [5.41, 5.74) is 1.18. The standard InChI is InChI=1S/C17H20N4O2.2C2HF3O2/c1-2-14(9-18-4-1)11-21-12-17(13-21)8-15(3-7-22-17)23-16-10-19-5-6-20-16;2*3-2(4,5)1(6)7/h1-2,4-6,9-10,15H,3,7-8,11-13H2;2*(H,6,7). The summed E-state index contributed by atoms with van der Waals surface area (Å²) in [5.74, 6) is -4.92. The lowest BCUT2D eigenvalue weighted by Crippen LogP contribution is -2.65. The minimum Gasteiger partial charge on any atom is -0.475 e. The van der Waals surface area contributed by atoms with Crippen LogP contribution < -0.4 is 4.74 Å². The van der Waals surface area contributed by atoms with Crippen molar-refractivity contribution in [2.75, 3.05) is 19.7 Å². The van der Waals surface area contributed by atoms with Gasteiger partial charge in [-0.1, -0.05) is 6.07 Å². The van der Waals surface area contributed by atoms with Gasteiger partial charge in [-0.05, 0) is 11.6 Å². The van der Waals surface area contributed by atoms with Crippen molar-refractivity contribution in [1.82, 2.24) is 19.9 Å². The predicted molar refractivity (Wildman–Crippen MR) is 111 cm³/mol. The molecular weight excluding hydrogens is 518 g/mol. The summed E-state index contributed by atoms with van der Waals surface area (Å²) in [5, 5.41) is 14.2. The van der Waals surface area contributed by atoms with Crippen LogP contribution in [0.25, 0.3) is 0 Å². The molecule has 2 aromatic heterocycles. The number of carboxylic acid groups (broad SMARTS) is 2. The van der Waals surface area contributed by atoms with Gasteiger partial charge in [0.15, 0.2) is 0 Å². The number of aliphatic carboxylic acids is 2. The van der Waals surface area contributed by atoms with Gasteiger partial charge in [-0.2, -0.15) is 26.3 Å². The van der Waals surface area contributed by atoms with Gasteiger partial charge in [-0.3, -0.25) is 14.9 Å². The summed E-state index contributed by atoms with van der Waals surface area (Å²) in [6.07, 6.45) is 0.503. The molecule has 0 saturated carbocycles. The predicted octanol–water partition coefficient (Wildman–Crippen LogP) is 2.95. The molecule has 204 valence electrons. The molecular formula is C21H22F6N4O6. The molecule has 2 aliphatic heterocycles. The van der Waals surface area contributed by atoms with Gasteiger partial charge in [0.25, 0.3) is 0 Å². The van der Waals surface area contributed by atoms with E-state index in [-0.39, 0.29) is 11.7 Å². The van der Waals surface area contributed by atoms with Crippen molar-refractivity contribution in [2.24, 2.45) is 0 Å². The average molecular weight is 540 g/mol. The Morgan fingerprint density at radius 1 is 1.03 bits per heavy atom. The smallest absolute Gasteiger partial charge is 0.475 e. The van der Waals surface area contributed by atoms with E-state index < -0.39 is 24.3 Å². The first-order valence-electron chi connectivity index (χ1n) is 10.5. The molecule has 1 spiro atoms. The summed E-state index contributed by atoms with van der Waals surface area (Å²) < 4.78 is 75.5. The van der Waals surface area contributed by atoms with Crippen molar-refractivity contribution in [3.05, 3.63) is 48.7 Å². The number of carboxylic acids is 2. The third-order valence-electron chi connectivity index (χ3n) is 4.91. The molecule has 2 fully saturated rings. The second-order valence-corrected chi connectivity index (χ2v) is 7.92. The van der Waals surface area contributed by atoms with Crippen LogP contribution in [0, 0.1) is 0 Å². The molecule has 2 aromatic rings. The number of halogens is 6. The number of carbonyl (C=O) groups is 2. The molecule has 0 aromatic carbocycles. The minimum atomic E-state index is -5.08. The molecule has 0 radical (unpaired) electrons. The molecule has 2 N–H and O–H groups in total. The van der Waals surface area contributed by atoms with Crippen LogP contribution in [0.1, 0.15) is 18.4 Å². The molecule has 16 heteroatoms. The zero-order valence-corrected chi connectivity index (χ0v) is 18.9. The van der Waals surface area contributed by atoms with Gasteiger partial charge in [0.1, 0.15) is 6.10 Å². The van der Waals surface area contributed by atoms with E-state index in [0.29, 0.717) is 5.88 Å². The number of nitrogens with zero attached hydrogens (tertiary/aromatic N) is 4. The number of aromatic nitrogens is 3. The van der Waals surface area contributed by atoms with E-state index in [9.17, 15) is 26.3 Å². The summed E-state index contributed by atoms with van der Waals surface area (Å²) in [6.45, 7) is 3.56. The van der Waals surface area contributed by atoms with Crippen molar-refractivity contribution in [1.29, 1.82) is 0 Å². The van der Waals surface area contributed by atoms with Crippen LogP contribution in [0.2, 0.25) is 0 Å². The van der Waals surface area contributed by atoms with E-state index in [1.165, 1.54) is 5.56 Å². The largest absolute Gasteiger partial charge is 0.490 e. The van der Waals surface area contributed by atoms with E-state index in [2.05, 4.69) is 25.9 Å². The number of pyridine rings is 1. The zero-order valence-electron chi connectivity index (χ0n) is 18.9. The highest BCUT2D eigenvalue weighted by Gasteiger charge is 2.48. The fourth-order valence-electron chi connectivity index (χ4n) is 3.45. The van der Waals surface area contributed by atoms with Crippen molar-refractivity contribution in [3.8, 4) is 5.88 Å². The summed E-state index contributed by atoms with van der Waals surface area (Å²) >= 11 is 0. The number of hydrogen-bond donors (Lipinski definition) is 2. The van der Waals surface area contributed by atoms with Gasteiger partial charge >= 0.3 is 24.3 Å². The first-order valence-corrected chi connectivity index (χ1v) is 10.5. The van der Waals surface area contributed by atoms with Crippen molar-refractivity contribution >= 4 is 11.9 Å². The Labute approximate surface area is 205 Å². The van der Waals surface area contributed by atoms with Crippen LogP contribution in [0.4, 0.5) is 26.3 Å². The molecule has 1 unspecified atom stereocenters. The quantitative estimate of drug-likeness (QED) is 0.558. The molecule has 2 aliphatic rings. The lowest BCUT2D eigenvalue weighted by Gasteiger charge is -2.53. The van der Waals surface area contributed by atoms with E-state index in [1.807, 2.05) is 12.3 Å². The van der Waals surface area contributed by atoms with Gasteiger partial charge in [0.2, 0.25) is 5.88 Å². The monoisotopic (exact) mass is 540 g/mol. The van der Waals surface area contributed by atoms with Crippen LogP contribution in [-0.2, 0) is 20.9 Å². The number of ether oxygens (including phenoxy) is 2. The van der Waals surface area contributed by atoms with Crippen LogP contribution >= 0.6 is 0 Å². The van der Waals surface area contributed by atoms with Crippen molar-refractivity contribution < 1.29 is 55.6 Å². The summed E-state index contributed by atoms with van der Waals surface area (Å²) in [7, 11) is 0. The second kappa shape index (κ2) is 12.6. The molecule has 37 heavy (non-hydrogen) atoms. The van der Waals surface area contributed by atoms with Crippen molar-refractivity contribution in [2.45, 2.75) is 43.4 Å². The zero-order chi connectivity index (χ0) is 27.7. The number of likely N-dealkylation sites (tertiary alicyclic amines) is 1. The molecule has 4 rings (SSSR count). The normalized spacial score (nSPS) is 18.8. The molecule has 1 atom stereocenters. The fourth-order valence-corrected chi connectivity index (χ4v) is 3.45. The van der Waals surface area contributed by atoms with Gasteiger partial charge in [-0.15, -0.1) is 0 Å². The highest BCUT2D eigenvalue weighted by atomic mass is 19.4. The Hall–Kier alpha value is -3.53. The first kappa shape index (κ1) is 29.7. The summed E-state index contributed by atoms with van der Waals surface area (Å²) in [4.78, 5) is 32.6. The van der Waals surface area contributed by atoms with E-state index in [1.54, 1.807) is 24.8 Å². The van der Waals surface area contributed by atoms with Crippen LogP contribution in [0.3, 0.4) is 0 Å². The average Bonchev–Trinajstić information content (AvgIpc) is 2.79. The highest BCUT2D eigenvalue weighted by Crippen LogP contribution is 2.36. The minimum absolute atomic E-state index is 0.0622. The number of alkyl halides is 6. The molecule has 10 nitrogen and oxygen atoms in total. The van der Waals surface area contributed by atoms with Gasteiger partial charge in [0.05, 0.1) is 18.4 Å².